The summed E-state index contributed by atoms with van der Waals surface area (Å²) in [5, 5.41) is 10.0. The Morgan fingerprint density at radius 1 is 1.24 bits per heavy atom. The van der Waals surface area contributed by atoms with Crippen molar-refractivity contribution in [1.82, 2.24) is 10.4 Å². The van der Waals surface area contributed by atoms with Gasteiger partial charge in [-0.3, -0.25) is 10.4 Å². The molecule has 0 saturated carbocycles. The van der Waals surface area contributed by atoms with E-state index in [1.54, 1.807) is 0 Å². The fraction of sp³-hybridized carbons (Fsp3) is 0.333. The van der Waals surface area contributed by atoms with Gasteiger partial charge in [-0.15, -0.1) is 10.2 Å². The molecule has 0 aliphatic carbocycles. The molecule has 5 heteroatoms. The molecule has 1 aromatic rings. The van der Waals surface area contributed by atoms with E-state index in [9.17, 15) is 0 Å². The van der Waals surface area contributed by atoms with Crippen LogP contribution in [-0.2, 0) is 0 Å². The van der Waals surface area contributed by atoms with Gasteiger partial charge in [0, 0.05) is 12.6 Å². The summed E-state index contributed by atoms with van der Waals surface area (Å²) in [6.45, 7) is 4.53. The largest absolute Gasteiger partial charge is 0.494 e. The zero-order valence-corrected chi connectivity index (χ0v) is 10.3. The number of hydrazine groups is 1. The van der Waals surface area contributed by atoms with Crippen molar-refractivity contribution in [3.63, 3.8) is 0 Å². The first-order valence-electron chi connectivity index (χ1n) is 5.56. The van der Waals surface area contributed by atoms with E-state index in [2.05, 4.69) is 15.6 Å². The first-order chi connectivity index (χ1) is 8.20. The van der Waals surface area contributed by atoms with Gasteiger partial charge in [-0.25, -0.2) is 0 Å². The van der Waals surface area contributed by atoms with Crippen LogP contribution in [-0.4, -0.2) is 30.3 Å². The van der Waals surface area contributed by atoms with E-state index in [4.69, 9.17) is 4.74 Å². The summed E-state index contributed by atoms with van der Waals surface area (Å²) in [4.78, 5) is 0. The first kappa shape index (κ1) is 11.4. The van der Waals surface area contributed by atoms with Crippen LogP contribution in [0.3, 0.4) is 0 Å². The lowest BCUT2D eigenvalue weighted by Gasteiger charge is -2.24. The number of rotatable bonds is 3. The Morgan fingerprint density at radius 3 is 2.53 bits per heavy atom. The molecule has 0 amide bonds. The smallest absolute Gasteiger partial charge is 0.174 e. The highest BCUT2D eigenvalue weighted by Gasteiger charge is 2.11. The standard InChI is InChI=1S/C12H16N4O/c1-4-17-11-7-5-10(6-8-11)12-14-13-9(2)16(3)15-12/h5-8H,4H2,1-3H3,(H,14,15). The van der Waals surface area contributed by atoms with E-state index in [-0.39, 0.29) is 0 Å². The summed E-state index contributed by atoms with van der Waals surface area (Å²) in [7, 11) is 1.90. The Kier molecular flexibility index (Phi) is 3.27. The molecule has 1 aliphatic rings. The van der Waals surface area contributed by atoms with Gasteiger partial charge in [0.15, 0.2) is 5.84 Å². The number of ether oxygens (including phenoxy) is 1. The maximum Gasteiger partial charge on any atom is 0.174 e. The van der Waals surface area contributed by atoms with Crippen LogP contribution >= 0.6 is 0 Å². The predicted octanol–water partition coefficient (Wildman–Crippen LogP) is 1.62. The molecule has 1 heterocycles. The van der Waals surface area contributed by atoms with Gasteiger partial charge in [0.05, 0.1) is 6.61 Å². The molecule has 1 aromatic carbocycles. The minimum atomic E-state index is 0.671. The summed E-state index contributed by atoms with van der Waals surface area (Å²) in [5.41, 5.74) is 4.13. The van der Waals surface area contributed by atoms with Gasteiger partial charge >= 0.3 is 0 Å². The third-order valence-corrected chi connectivity index (χ3v) is 2.49. The van der Waals surface area contributed by atoms with Crippen LogP contribution in [0, 0.1) is 0 Å². The van der Waals surface area contributed by atoms with Crippen molar-refractivity contribution in [1.29, 1.82) is 0 Å². The van der Waals surface area contributed by atoms with Crippen LogP contribution in [0.25, 0.3) is 0 Å². The molecule has 0 saturated heterocycles. The van der Waals surface area contributed by atoms with Gasteiger partial charge in [-0.1, -0.05) is 0 Å². The van der Waals surface area contributed by atoms with E-state index in [0.717, 1.165) is 23.0 Å². The maximum atomic E-state index is 5.39. The average molecular weight is 232 g/mol. The van der Waals surface area contributed by atoms with Gasteiger partial charge in [-0.2, -0.15) is 0 Å². The van der Waals surface area contributed by atoms with E-state index >= 15 is 0 Å². The fourth-order valence-corrected chi connectivity index (χ4v) is 1.45. The molecule has 0 unspecified atom stereocenters. The second-order valence-corrected chi connectivity index (χ2v) is 3.72. The number of hydrogen-bond donors (Lipinski definition) is 1. The highest BCUT2D eigenvalue weighted by molar-refractivity contribution is 6.01. The average Bonchev–Trinajstić information content (AvgIpc) is 2.34. The summed E-state index contributed by atoms with van der Waals surface area (Å²) in [6, 6.07) is 7.77. The molecule has 0 aromatic heterocycles. The Morgan fingerprint density at radius 2 is 1.94 bits per heavy atom. The van der Waals surface area contributed by atoms with Crippen molar-refractivity contribution in [3.8, 4) is 5.75 Å². The predicted molar refractivity (Wildman–Crippen MR) is 68.2 cm³/mol. The zero-order chi connectivity index (χ0) is 12.3. The third-order valence-electron chi connectivity index (χ3n) is 2.49. The molecular formula is C12H16N4O. The van der Waals surface area contributed by atoms with Crippen LogP contribution in [0.1, 0.15) is 19.4 Å². The molecule has 17 heavy (non-hydrogen) atoms. The molecule has 0 radical (unpaired) electrons. The van der Waals surface area contributed by atoms with E-state index in [1.807, 2.05) is 50.2 Å². The maximum absolute atomic E-state index is 5.39. The van der Waals surface area contributed by atoms with Crippen LogP contribution in [0.15, 0.2) is 34.5 Å². The van der Waals surface area contributed by atoms with Gasteiger partial charge in [-0.05, 0) is 38.1 Å². The van der Waals surface area contributed by atoms with Crippen LogP contribution in [0.5, 0.6) is 5.75 Å². The van der Waals surface area contributed by atoms with Crippen molar-refractivity contribution >= 4 is 11.7 Å². The lowest BCUT2D eigenvalue weighted by Crippen LogP contribution is -2.44. The minimum Gasteiger partial charge on any atom is -0.494 e. The normalized spacial score (nSPS) is 14.9. The Hall–Kier alpha value is -2.04. The van der Waals surface area contributed by atoms with Crippen molar-refractivity contribution in [3.05, 3.63) is 29.8 Å². The van der Waals surface area contributed by atoms with Gasteiger partial charge in [0.25, 0.3) is 0 Å². The number of nitrogens with zero attached hydrogens (tertiary/aromatic N) is 3. The monoisotopic (exact) mass is 232 g/mol. The molecule has 0 spiro atoms. The Bertz CT molecular complexity index is 450. The molecule has 90 valence electrons. The zero-order valence-electron chi connectivity index (χ0n) is 10.3. The number of benzene rings is 1. The van der Waals surface area contributed by atoms with Gasteiger partial charge in [0.1, 0.15) is 11.6 Å². The highest BCUT2D eigenvalue weighted by Crippen LogP contribution is 2.13. The Labute approximate surface area is 101 Å². The quantitative estimate of drug-likeness (QED) is 0.861. The number of nitrogens with one attached hydrogen (secondary N) is 1. The van der Waals surface area contributed by atoms with Crippen molar-refractivity contribution < 1.29 is 4.74 Å². The highest BCUT2D eigenvalue weighted by atomic mass is 16.5. The molecule has 2 rings (SSSR count). The molecule has 0 atom stereocenters. The molecule has 1 N–H and O–H groups in total. The first-order valence-corrected chi connectivity index (χ1v) is 5.56. The summed E-state index contributed by atoms with van der Waals surface area (Å²) >= 11 is 0. The minimum absolute atomic E-state index is 0.671. The molecular weight excluding hydrogens is 216 g/mol. The third kappa shape index (κ3) is 2.55. The number of amidine groups is 2. The van der Waals surface area contributed by atoms with Crippen LogP contribution in [0.2, 0.25) is 0 Å². The molecule has 0 bridgehead atoms. The van der Waals surface area contributed by atoms with Gasteiger partial charge < -0.3 is 4.74 Å². The molecule has 5 nitrogen and oxygen atoms in total. The van der Waals surface area contributed by atoms with Crippen molar-refractivity contribution in [2.75, 3.05) is 13.7 Å². The van der Waals surface area contributed by atoms with E-state index < -0.39 is 0 Å². The SMILES string of the molecule is CCOc1ccc(C2=NN=C(C)N(C)N2)cc1. The lowest BCUT2D eigenvalue weighted by atomic mass is 10.2. The Balaban J connectivity index is 2.18. The second kappa shape index (κ2) is 4.86. The topological polar surface area (TPSA) is 49.2 Å². The van der Waals surface area contributed by atoms with E-state index in [1.165, 1.54) is 0 Å². The summed E-state index contributed by atoms with van der Waals surface area (Å²) in [5.74, 6) is 2.43. The van der Waals surface area contributed by atoms with Crippen LogP contribution < -0.4 is 10.2 Å². The van der Waals surface area contributed by atoms with Crippen LogP contribution in [0.4, 0.5) is 0 Å². The number of hydrogen-bond acceptors (Lipinski definition) is 5. The van der Waals surface area contributed by atoms with E-state index in [0.29, 0.717) is 6.61 Å². The van der Waals surface area contributed by atoms with Crippen molar-refractivity contribution in [2.45, 2.75) is 13.8 Å². The molecule has 1 aliphatic heterocycles. The molecule has 0 fully saturated rings. The lowest BCUT2D eigenvalue weighted by molar-refractivity contribution is 0.340. The van der Waals surface area contributed by atoms with Crippen molar-refractivity contribution in [2.24, 2.45) is 10.2 Å². The summed E-state index contributed by atoms with van der Waals surface area (Å²) in [6.07, 6.45) is 0. The fourth-order valence-electron chi connectivity index (χ4n) is 1.45. The second-order valence-electron chi connectivity index (χ2n) is 3.72. The van der Waals surface area contributed by atoms with Gasteiger partial charge in [0.2, 0.25) is 0 Å². The summed E-state index contributed by atoms with van der Waals surface area (Å²) < 4.78 is 5.39.